The smallest absolute Gasteiger partial charge is 0.317 e. The molecule has 7 heteroatoms. The SMILES string of the molecule is CCN(CC(=O)O)Cc1ccc([N+](=O)[O-])cc1Cl. The number of hydrogen-bond donors (Lipinski definition) is 1. The third kappa shape index (κ3) is 3.97. The molecule has 0 aliphatic rings. The molecule has 1 N–H and O–H groups in total. The van der Waals surface area contributed by atoms with Gasteiger partial charge in [-0.1, -0.05) is 18.5 Å². The molecule has 0 amide bonds. The number of hydrogen-bond acceptors (Lipinski definition) is 4. The Kier molecular flexibility index (Phi) is 5.06. The predicted octanol–water partition coefficient (Wildman–Crippen LogP) is 2.15. The zero-order chi connectivity index (χ0) is 13.7. The summed E-state index contributed by atoms with van der Waals surface area (Å²) in [4.78, 5) is 22.3. The first-order valence-corrected chi connectivity index (χ1v) is 5.68. The minimum absolute atomic E-state index is 0.0787. The lowest BCUT2D eigenvalue weighted by atomic mass is 10.2. The minimum Gasteiger partial charge on any atom is -0.480 e. The Bertz CT molecular complexity index is 464. The Hall–Kier alpha value is -1.66. The van der Waals surface area contributed by atoms with Gasteiger partial charge in [0.15, 0.2) is 0 Å². The number of nitro benzene ring substituents is 1. The van der Waals surface area contributed by atoms with E-state index in [9.17, 15) is 14.9 Å². The predicted molar refractivity (Wildman–Crippen MR) is 66.7 cm³/mol. The molecule has 0 aromatic heterocycles. The van der Waals surface area contributed by atoms with Crippen LogP contribution in [0.4, 0.5) is 5.69 Å². The van der Waals surface area contributed by atoms with Crippen LogP contribution in [0, 0.1) is 10.1 Å². The molecule has 18 heavy (non-hydrogen) atoms. The van der Waals surface area contributed by atoms with Crippen molar-refractivity contribution in [2.75, 3.05) is 13.1 Å². The fourth-order valence-electron chi connectivity index (χ4n) is 1.49. The van der Waals surface area contributed by atoms with Gasteiger partial charge in [-0.05, 0) is 18.2 Å². The van der Waals surface area contributed by atoms with Crippen molar-refractivity contribution < 1.29 is 14.8 Å². The highest BCUT2D eigenvalue weighted by atomic mass is 35.5. The maximum Gasteiger partial charge on any atom is 0.317 e. The number of likely N-dealkylation sites (N-methyl/N-ethyl adjacent to an activating group) is 1. The molecule has 0 saturated heterocycles. The van der Waals surface area contributed by atoms with E-state index in [0.717, 1.165) is 0 Å². The van der Waals surface area contributed by atoms with Crippen LogP contribution in [0.1, 0.15) is 12.5 Å². The Balaban J connectivity index is 2.83. The number of halogens is 1. The van der Waals surface area contributed by atoms with E-state index >= 15 is 0 Å². The lowest BCUT2D eigenvalue weighted by molar-refractivity contribution is -0.384. The first-order valence-electron chi connectivity index (χ1n) is 5.31. The molecule has 0 bridgehead atoms. The summed E-state index contributed by atoms with van der Waals surface area (Å²) in [5.74, 6) is -0.921. The van der Waals surface area contributed by atoms with Crippen LogP contribution < -0.4 is 0 Å². The molecule has 0 radical (unpaired) electrons. The third-order valence-corrected chi connectivity index (χ3v) is 2.80. The summed E-state index contributed by atoms with van der Waals surface area (Å²) < 4.78 is 0. The maximum atomic E-state index is 10.6. The minimum atomic E-state index is -0.921. The van der Waals surface area contributed by atoms with E-state index in [-0.39, 0.29) is 17.3 Å². The van der Waals surface area contributed by atoms with Crippen LogP contribution in [-0.2, 0) is 11.3 Å². The number of non-ortho nitro benzene ring substituents is 1. The molecule has 0 saturated carbocycles. The Morgan fingerprint density at radius 2 is 2.22 bits per heavy atom. The van der Waals surface area contributed by atoms with Gasteiger partial charge in [0.05, 0.1) is 16.5 Å². The molecule has 0 heterocycles. The van der Waals surface area contributed by atoms with Crippen LogP contribution in [0.3, 0.4) is 0 Å². The van der Waals surface area contributed by atoms with Gasteiger partial charge in [0.2, 0.25) is 0 Å². The van der Waals surface area contributed by atoms with E-state index in [1.165, 1.54) is 12.1 Å². The van der Waals surface area contributed by atoms with Gasteiger partial charge in [-0.3, -0.25) is 19.8 Å². The number of nitro groups is 1. The van der Waals surface area contributed by atoms with Gasteiger partial charge in [-0.15, -0.1) is 0 Å². The molecule has 98 valence electrons. The number of benzene rings is 1. The first-order chi connectivity index (χ1) is 8.43. The molecule has 0 fully saturated rings. The van der Waals surface area contributed by atoms with E-state index in [0.29, 0.717) is 18.7 Å². The third-order valence-electron chi connectivity index (χ3n) is 2.45. The van der Waals surface area contributed by atoms with E-state index in [4.69, 9.17) is 16.7 Å². The molecule has 0 spiro atoms. The van der Waals surface area contributed by atoms with E-state index < -0.39 is 10.9 Å². The van der Waals surface area contributed by atoms with Crippen LogP contribution in [-0.4, -0.2) is 34.0 Å². The van der Waals surface area contributed by atoms with Crippen LogP contribution in [0.5, 0.6) is 0 Å². The largest absolute Gasteiger partial charge is 0.480 e. The monoisotopic (exact) mass is 272 g/mol. The molecular weight excluding hydrogens is 260 g/mol. The van der Waals surface area contributed by atoms with Gasteiger partial charge in [0.1, 0.15) is 0 Å². The van der Waals surface area contributed by atoms with Crippen molar-refractivity contribution in [3.63, 3.8) is 0 Å². The van der Waals surface area contributed by atoms with Crippen molar-refractivity contribution in [1.82, 2.24) is 4.90 Å². The molecule has 0 atom stereocenters. The van der Waals surface area contributed by atoms with Gasteiger partial charge >= 0.3 is 5.97 Å². The number of nitrogens with zero attached hydrogens (tertiary/aromatic N) is 2. The van der Waals surface area contributed by atoms with Crippen molar-refractivity contribution in [2.45, 2.75) is 13.5 Å². The fraction of sp³-hybridized carbons (Fsp3) is 0.364. The Morgan fingerprint density at radius 1 is 1.56 bits per heavy atom. The summed E-state index contributed by atoms with van der Waals surface area (Å²) in [6, 6.07) is 4.17. The second-order valence-corrected chi connectivity index (χ2v) is 4.14. The van der Waals surface area contributed by atoms with Gasteiger partial charge in [-0.2, -0.15) is 0 Å². The van der Waals surface area contributed by atoms with Gasteiger partial charge in [-0.25, -0.2) is 0 Å². The van der Waals surface area contributed by atoms with Gasteiger partial charge in [0, 0.05) is 18.7 Å². The number of aliphatic carboxylic acids is 1. The van der Waals surface area contributed by atoms with Gasteiger partial charge in [0.25, 0.3) is 5.69 Å². The molecule has 1 aromatic rings. The zero-order valence-electron chi connectivity index (χ0n) is 9.80. The highest BCUT2D eigenvalue weighted by Gasteiger charge is 2.13. The molecule has 0 aliphatic heterocycles. The molecular formula is C11H13ClN2O4. The fourth-order valence-corrected chi connectivity index (χ4v) is 1.72. The second-order valence-electron chi connectivity index (χ2n) is 3.73. The van der Waals surface area contributed by atoms with E-state index in [1.807, 2.05) is 6.92 Å². The summed E-state index contributed by atoms with van der Waals surface area (Å²) in [5.41, 5.74) is 0.593. The van der Waals surface area contributed by atoms with Crippen LogP contribution >= 0.6 is 11.6 Å². The number of rotatable bonds is 6. The second kappa shape index (κ2) is 6.32. The van der Waals surface area contributed by atoms with Gasteiger partial charge < -0.3 is 5.11 Å². The number of carboxylic acids is 1. The van der Waals surface area contributed by atoms with E-state index in [1.54, 1.807) is 11.0 Å². The summed E-state index contributed by atoms with van der Waals surface area (Å²) in [6.07, 6.45) is 0. The lowest BCUT2D eigenvalue weighted by Gasteiger charge is -2.18. The van der Waals surface area contributed by atoms with Crippen LogP contribution in [0.2, 0.25) is 5.02 Å². The van der Waals surface area contributed by atoms with Crippen molar-refractivity contribution in [3.8, 4) is 0 Å². The number of carbonyl (C=O) groups is 1. The summed E-state index contributed by atoms with van der Waals surface area (Å²) in [6.45, 7) is 2.64. The Labute approximate surface area is 109 Å². The number of carboxylic acid groups (broad SMARTS) is 1. The normalized spacial score (nSPS) is 10.6. The van der Waals surface area contributed by atoms with Crippen LogP contribution in [0.15, 0.2) is 18.2 Å². The topological polar surface area (TPSA) is 83.7 Å². The highest BCUT2D eigenvalue weighted by molar-refractivity contribution is 6.31. The first kappa shape index (κ1) is 14.4. The Morgan fingerprint density at radius 3 is 2.67 bits per heavy atom. The summed E-state index contributed by atoms with van der Waals surface area (Å²) in [7, 11) is 0. The maximum absolute atomic E-state index is 10.6. The molecule has 0 unspecified atom stereocenters. The molecule has 6 nitrogen and oxygen atoms in total. The summed E-state index contributed by atoms with van der Waals surface area (Å²) >= 11 is 5.93. The van der Waals surface area contributed by atoms with Crippen LogP contribution in [0.25, 0.3) is 0 Å². The quantitative estimate of drug-likeness (QED) is 0.634. The highest BCUT2D eigenvalue weighted by Crippen LogP contribution is 2.23. The standard InChI is InChI=1S/C11H13ClN2O4/c1-2-13(7-11(15)16)6-8-3-4-9(14(17)18)5-10(8)12/h3-5H,2,6-7H2,1H3,(H,15,16). The zero-order valence-corrected chi connectivity index (χ0v) is 10.6. The van der Waals surface area contributed by atoms with Crippen molar-refractivity contribution in [3.05, 3.63) is 38.9 Å². The van der Waals surface area contributed by atoms with E-state index in [2.05, 4.69) is 0 Å². The lowest BCUT2D eigenvalue weighted by Crippen LogP contribution is -2.29. The average molecular weight is 273 g/mol. The summed E-state index contributed by atoms with van der Waals surface area (Å²) in [5, 5.41) is 19.5. The molecule has 0 aliphatic carbocycles. The molecule has 1 rings (SSSR count). The average Bonchev–Trinajstić information content (AvgIpc) is 2.29. The van der Waals surface area contributed by atoms with Crippen molar-refractivity contribution in [2.24, 2.45) is 0 Å². The van der Waals surface area contributed by atoms with Crippen molar-refractivity contribution >= 4 is 23.3 Å². The van der Waals surface area contributed by atoms with Crippen molar-refractivity contribution in [1.29, 1.82) is 0 Å². The molecule has 1 aromatic carbocycles.